The van der Waals surface area contributed by atoms with Gasteiger partial charge >= 0.3 is 0 Å². The molecule has 0 N–H and O–H groups in total. The number of nitrogens with zero attached hydrogens (tertiary/aromatic N) is 1. The molecule has 1 fully saturated rings. The zero-order chi connectivity index (χ0) is 13.9. The molecule has 0 spiro atoms. The fraction of sp³-hybridized carbons (Fsp3) is 0.500. The van der Waals surface area contributed by atoms with Crippen molar-refractivity contribution >= 4 is 21.3 Å². The Labute approximate surface area is 114 Å². The van der Waals surface area contributed by atoms with Crippen LogP contribution in [0.1, 0.15) is 30.1 Å². The molecule has 0 saturated carbocycles. The second-order valence-electron chi connectivity index (χ2n) is 4.79. The molecule has 1 aliphatic heterocycles. The average Bonchev–Trinajstić information content (AvgIpc) is 2.59. The minimum Gasteiger partial charge on any atom is -0.370 e. The lowest BCUT2D eigenvalue weighted by Gasteiger charge is -2.24. The number of hydrogen-bond acceptors (Lipinski definition) is 4. The molecule has 1 aromatic rings. The molecule has 0 bridgehead atoms. The lowest BCUT2D eigenvalue weighted by atomic mass is 10.1. The molecule has 0 aromatic heterocycles. The first-order valence-corrected chi connectivity index (χ1v) is 8.43. The molecule has 0 radical (unpaired) electrons. The van der Waals surface area contributed by atoms with E-state index in [4.69, 9.17) is 0 Å². The molecule has 1 aromatic carbocycles. The number of para-hydroxylation sites is 1. The number of rotatable bonds is 3. The highest BCUT2D eigenvalue weighted by atomic mass is 32.2. The number of carbonyl (C=O) groups is 1. The highest BCUT2D eigenvalue weighted by molar-refractivity contribution is 7.91. The summed E-state index contributed by atoms with van der Waals surface area (Å²) in [5, 5.41) is 0. The van der Waals surface area contributed by atoms with Gasteiger partial charge in [0.15, 0.2) is 15.6 Å². The van der Waals surface area contributed by atoms with Crippen LogP contribution in [0.2, 0.25) is 0 Å². The average molecular weight is 281 g/mol. The number of carbonyl (C=O) groups excluding carboxylic acids is 1. The van der Waals surface area contributed by atoms with Crippen LogP contribution >= 0.6 is 0 Å². The fourth-order valence-electron chi connectivity index (χ4n) is 2.36. The molecule has 2 rings (SSSR count). The molecule has 0 aliphatic carbocycles. The summed E-state index contributed by atoms with van der Waals surface area (Å²) in [5.74, 6) is 0.511. The standard InChI is InChI=1S/C14H19NO3S/c1-2-14(16)12-6-3-4-7-13(12)15-8-5-10-19(17,18)11-9-15/h3-4,6-7H,2,5,8-11H2,1H3. The largest absolute Gasteiger partial charge is 0.370 e. The molecule has 4 nitrogen and oxygen atoms in total. The number of anilines is 1. The van der Waals surface area contributed by atoms with Gasteiger partial charge in [-0.25, -0.2) is 8.42 Å². The van der Waals surface area contributed by atoms with Crippen molar-refractivity contribution < 1.29 is 13.2 Å². The summed E-state index contributed by atoms with van der Waals surface area (Å²) in [4.78, 5) is 14.0. The van der Waals surface area contributed by atoms with Crippen molar-refractivity contribution in [2.75, 3.05) is 29.5 Å². The highest BCUT2D eigenvalue weighted by Gasteiger charge is 2.21. The summed E-state index contributed by atoms with van der Waals surface area (Å²) in [6, 6.07) is 7.46. The van der Waals surface area contributed by atoms with E-state index in [1.807, 2.05) is 36.1 Å². The molecule has 0 unspecified atom stereocenters. The van der Waals surface area contributed by atoms with Crippen LogP contribution in [0.3, 0.4) is 0 Å². The molecule has 104 valence electrons. The maximum absolute atomic E-state index is 11.9. The van der Waals surface area contributed by atoms with Crippen molar-refractivity contribution in [3.05, 3.63) is 29.8 Å². The Hall–Kier alpha value is -1.36. The van der Waals surface area contributed by atoms with E-state index < -0.39 is 9.84 Å². The molecule has 0 amide bonds. The van der Waals surface area contributed by atoms with Crippen LogP contribution in [-0.2, 0) is 9.84 Å². The van der Waals surface area contributed by atoms with Gasteiger partial charge in [0.25, 0.3) is 0 Å². The third kappa shape index (κ3) is 3.35. The normalized spacial score (nSPS) is 18.9. The maximum Gasteiger partial charge on any atom is 0.164 e. The van der Waals surface area contributed by atoms with Gasteiger partial charge in [-0.3, -0.25) is 4.79 Å². The first kappa shape index (κ1) is 14.1. The van der Waals surface area contributed by atoms with Crippen LogP contribution in [0.4, 0.5) is 5.69 Å². The zero-order valence-electron chi connectivity index (χ0n) is 11.1. The lowest BCUT2D eigenvalue weighted by molar-refractivity contribution is 0.0988. The first-order chi connectivity index (χ1) is 9.03. The number of sulfone groups is 1. The molecule has 1 aliphatic rings. The van der Waals surface area contributed by atoms with E-state index in [1.165, 1.54) is 0 Å². The van der Waals surface area contributed by atoms with E-state index in [0.717, 1.165) is 5.69 Å². The third-order valence-electron chi connectivity index (χ3n) is 3.42. The zero-order valence-corrected chi connectivity index (χ0v) is 11.9. The summed E-state index contributed by atoms with van der Waals surface area (Å²) < 4.78 is 23.3. The fourth-order valence-corrected chi connectivity index (χ4v) is 3.63. The summed E-state index contributed by atoms with van der Waals surface area (Å²) in [6.07, 6.45) is 1.08. The van der Waals surface area contributed by atoms with Crippen molar-refractivity contribution in [2.24, 2.45) is 0 Å². The van der Waals surface area contributed by atoms with E-state index in [-0.39, 0.29) is 17.3 Å². The first-order valence-electron chi connectivity index (χ1n) is 6.61. The van der Waals surface area contributed by atoms with E-state index in [1.54, 1.807) is 0 Å². The highest BCUT2D eigenvalue weighted by Crippen LogP contribution is 2.23. The van der Waals surface area contributed by atoms with Crippen LogP contribution in [0.25, 0.3) is 0 Å². The number of hydrogen-bond donors (Lipinski definition) is 0. The predicted octanol–water partition coefficient (Wildman–Crippen LogP) is 1.90. The van der Waals surface area contributed by atoms with Gasteiger partial charge in [0.1, 0.15) is 0 Å². The smallest absolute Gasteiger partial charge is 0.164 e. The molecule has 19 heavy (non-hydrogen) atoms. The topological polar surface area (TPSA) is 54.5 Å². The Kier molecular flexibility index (Phi) is 4.24. The molecular weight excluding hydrogens is 262 g/mol. The van der Waals surface area contributed by atoms with Gasteiger partial charge < -0.3 is 4.90 Å². The second kappa shape index (κ2) is 5.74. The lowest BCUT2D eigenvalue weighted by Crippen LogP contribution is -2.28. The van der Waals surface area contributed by atoms with Gasteiger partial charge in [-0.15, -0.1) is 0 Å². The number of Topliss-reactive ketones (excluding diaryl/α,β-unsaturated/α-hetero) is 1. The van der Waals surface area contributed by atoms with Gasteiger partial charge in [0.05, 0.1) is 11.5 Å². The van der Waals surface area contributed by atoms with Crippen LogP contribution in [0, 0.1) is 0 Å². The molecule has 1 heterocycles. The van der Waals surface area contributed by atoms with Crippen molar-refractivity contribution in [1.82, 2.24) is 0 Å². The third-order valence-corrected chi connectivity index (χ3v) is 5.14. The van der Waals surface area contributed by atoms with Gasteiger partial charge in [0.2, 0.25) is 0 Å². The monoisotopic (exact) mass is 281 g/mol. The van der Waals surface area contributed by atoms with Crippen LogP contribution in [0.15, 0.2) is 24.3 Å². The van der Waals surface area contributed by atoms with Crippen LogP contribution < -0.4 is 4.90 Å². The van der Waals surface area contributed by atoms with E-state index in [0.29, 0.717) is 31.5 Å². The molecule has 1 saturated heterocycles. The minimum absolute atomic E-state index is 0.0997. The summed E-state index contributed by atoms with van der Waals surface area (Å²) >= 11 is 0. The Morgan fingerprint density at radius 2 is 1.95 bits per heavy atom. The SMILES string of the molecule is CCC(=O)c1ccccc1N1CCCS(=O)(=O)CC1. The quantitative estimate of drug-likeness (QED) is 0.794. The van der Waals surface area contributed by atoms with Crippen molar-refractivity contribution in [2.45, 2.75) is 19.8 Å². The van der Waals surface area contributed by atoms with Crippen molar-refractivity contribution in [3.8, 4) is 0 Å². The Bertz CT molecular complexity index is 566. The Morgan fingerprint density at radius 3 is 2.68 bits per heavy atom. The summed E-state index contributed by atoms with van der Waals surface area (Å²) in [6.45, 7) is 3.00. The predicted molar refractivity (Wildman–Crippen MR) is 76.5 cm³/mol. The Morgan fingerprint density at radius 1 is 1.21 bits per heavy atom. The van der Waals surface area contributed by atoms with Crippen LogP contribution in [0.5, 0.6) is 0 Å². The van der Waals surface area contributed by atoms with Gasteiger partial charge in [-0.1, -0.05) is 19.1 Å². The minimum atomic E-state index is -2.93. The summed E-state index contributed by atoms with van der Waals surface area (Å²) in [5.41, 5.74) is 1.57. The van der Waals surface area contributed by atoms with Gasteiger partial charge in [-0.2, -0.15) is 0 Å². The number of ketones is 1. The van der Waals surface area contributed by atoms with E-state index in [9.17, 15) is 13.2 Å². The van der Waals surface area contributed by atoms with Gasteiger partial charge in [0, 0.05) is 30.8 Å². The van der Waals surface area contributed by atoms with Crippen molar-refractivity contribution in [1.29, 1.82) is 0 Å². The van der Waals surface area contributed by atoms with Crippen molar-refractivity contribution in [3.63, 3.8) is 0 Å². The van der Waals surface area contributed by atoms with Crippen LogP contribution in [-0.4, -0.2) is 38.8 Å². The molecule has 0 atom stereocenters. The maximum atomic E-state index is 11.9. The summed E-state index contributed by atoms with van der Waals surface area (Å²) in [7, 11) is -2.93. The van der Waals surface area contributed by atoms with Gasteiger partial charge in [-0.05, 0) is 18.6 Å². The van der Waals surface area contributed by atoms with E-state index in [2.05, 4.69) is 0 Å². The molecule has 5 heteroatoms. The Balaban J connectivity index is 2.29. The number of benzene rings is 1. The van der Waals surface area contributed by atoms with E-state index >= 15 is 0 Å². The molecular formula is C14H19NO3S. The second-order valence-corrected chi connectivity index (χ2v) is 7.09.